The van der Waals surface area contributed by atoms with Gasteiger partial charge in [-0.2, -0.15) is 8.42 Å². The lowest BCUT2D eigenvalue weighted by atomic mass is 10.1. The third-order valence-corrected chi connectivity index (χ3v) is 2.46. The molecule has 0 radical (unpaired) electrons. The van der Waals surface area contributed by atoms with Crippen molar-refractivity contribution in [3.63, 3.8) is 0 Å². The minimum absolute atomic E-state index is 0.730. The molecule has 13 heavy (non-hydrogen) atoms. The van der Waals surface area contributed by atoms with Crippen LogP contribution in [0.2, 0.25) is 0 Å². The molecule has 3 N–H and O–H groups in total. The fourth-order valence-corrected chi connectivity index (χ4v) is 1.34. The topological polar surface area (TPSA) is 113 Å². The first-order valence-corrected chi connectivity index (χ1v) is 4.90. The SMILES string of the molecule is CC1C(=O)NC(S(=O)(=O)O)NC1=O. The Morgan fingerprint density at radius 2 is 1.62 bits per heavy atom. The summed E-state index contributed by atoms with van der Waals surface area (Å²) in [7, 11) is -4.48. The molecule has 74 valence electrons. The van der Waals surface area contributed by atoms with E-state index in [1.54, 1.807) is 0 Å². The van der Waals surface area contributed by atoms with Gasteiger partial charge in [0.15, 0.2) is 0 Å². The Morgan fingerprint density at radius 3 is 1.92 bits per heavy atom. The van der Waals surface area contributed by atoms with Gasteiger partial charge < -0.3 is 10.6 Å². The molecule has 0 saturated carbocycles. The summed E-state index contributed by atoms with van der Waals surface area (Å²) in [4.78, 5) is 21.8. The number of carbonyl (C=O) groups is 2. The van der Waals surface area contributed by atoms with Crippen LogP contribution in [0.3, 0.4) is 0 Å². The van der Waals surface area contributed by atoms with E-state index in [4.69, 9.17) is 4.55 Å². The van der Waals surface area contributed by atoms with Crippen molar-refractivity contribution < 1.29 is 22.6 Å². The first-order valence-electron chi connectivity index (χ1n) is 3.39. The summed E-state index contributed by atoms with van der Waals surface area (Å²) in [6.07, 6.45) is 0. The normalized spacial score (nSPS) is 29.4. The van der Waals surface area contributed by atoms with Crippen molar-refractivity contribution in [3.8, 4) is 0 Å². The predicted octanol–water partition coefficient (Wildman–Crippen LogP) is -1.96. The lowest BCUT2D eigenvalue weighted by Gasteiger charge is -2.25. The molecular formula is C5H8N2O5S. The number of rotatable bonds is 1. The highest BCUT2D eigenvalue weighted by molar-refractivity contribution is 7.86. The molecule has 7 nitrogen and oxygen atoms in total. The molecule has 1 heterocycles. The second kappa shape index (κ2) is 2.96. The molecule has 0 aliphatic carbocycles. The smallest absolute Gasteiger partial charge is 0.305 e. The van der Waals surface area contributed by atoms with Crippen LogP contribution in [0.15, 0.2) is 0 Å². The van der Waals surface area contributed by atoms with E-state index in [2.05, 4.69) is 0 Å². The van der Waals surface area contributed by atoms with Crippen molar-refractivity contribution in [2.24, 2.45) is 5.92 Å². The number of amides is 2. The monoisotopic (exact) mass is 208 g/mol. The lowest BCUT2D eigenvalue weighted by Crippen LogP contribution is -2.61. The van der Waals surface area contributed by atoms with E-state index in [0.29, 0.717) is 0 Å². The summed E-state index contributed by atoms with van der Waals surface area (Å²) < 4.78 is 29.5. The van der Waals surface area contributed by atoms with Crippen LogP contribution in [0.5, 0.6) is 0 Å². The van der Waals surface area contributed by atoms with E-state index in [1.807, 2.05) is 10.6 Å². The van der Waals surface area contributed by atoms with Gasteiger partial charge in [-0.05, 0) is 6.92 Å². The maximum Gasteiger partial charge on any atom is 0.305 e. The van der Waals surface area contributed by atoms with Gasteiger partial charge in [-0.1, -0.05) is 0 Å². The van der Waals surface area contributed by atoms with E-state index in [-0.39, 0.29) is 0 Å². The van der Waals surface area contributed by atoms with Gasteiger partial charge in [0.1, 0.15) is 5.92 Å². The van der Waals surface area contributed by atoms with Crippen LogP contribution in [0.1, 0.15) is 6.92 Å². The second-order valence-electron chi connectivity index (χ2n) is 2.63. The number of hydrogen-bond donors (Lipinski definition) is 3. The zero-order chi connectivity index (χ0) is 10.2. The van der Waals surface area contributed by atoms with Crippen LogP contribution in [-0.4, -0.2) is 30.3 Å². The fraction of sp³-hybridized carbons (Fsp3) is 0.600. The van der Waals surface area contributed by atoms with Crippen LogP contribution in [0, 0.1) is 5.92 Å². The van der Waals surface area contributed by atoms with E-state index >= 15 is 0 Å². The van der Waals surface area contributed by atoms with E-state index in [0.717, 1.165) is 0 Å². The molecule has 0 atom stereocenters. The molecule has 2 amide bonds. The van der Waals surface area contributed by atoms with Crippen LogP contribution < -0.4 is 10.6 Å². The Morgan fingerprint density at radius 1 is 1.23 bits per heavy atom. The summed E-state index contributed by atoms with van der Waals surface area (Å²) >= 11 is 0. The summed E-state index contributed by atoms with van der Waals surface area (Å²) in [6, 6.07) is 0. The molecule has 0 aromatic heterocycles. The van der Waals surface area contributed by atoms with Crippen molar-refractivity contribution in [3.05, 3.63) is 0 Å². The largest absolute Gasteiger partial charge is 0.320 e. The molecule has 1 aliphatic heterocycles. The highest BCUT2D eigenvalue weighted by Crippen LogP contribution is 2.04. The molecule has 0 spiro atoms. The van der Waals surface area contributed by atoms with Gasteiger partial charge in [0.25, 0.3) is 0 Å². The molecule has 1 rings (SSSR count). The maximum atomic E-state index is 10.9. The molecule has 8 heteroatoms. The lowest BCUT2D eigenvalue weighted by molar-refractivity contribution is -0.138. The fourth-order valence-electron chi connectivity index (χ4n) is 0.812. The zero-order valence-corrected chi connectivity index (χ0v) is 7.46. The van der Waals surface area contributed by atoms with Crippen LogP contribution in [-0.2, 0) is 19.7 Å². The van der Waals surface area contributed by atoms with Gasteiger partial charge in [0.2, 0.25) is 17.3 Å². The molecule has 0 bridgehead atoms. The Labute approximate surface area is 74.2 Å². The molecule has 1 saturated heterocycles. The Kier molecular flexibility index (Phi) is 2.26. The molecular weight excluding hydrogens is 200 g/mol. The van der Waals surface area contributed by atoms with Crippen molar-refractivity contribution in [1.29, 1.82) is 0 Å². The summed E-state index contributed by atoms with van der Waals surface area (Å²) in [5.41, 5.74) is -1.73. The Bertz CT molecular complexity index is 330. The van der Waals surface area contributed by atoms with Gasteiger partial charge in [0.05, 0.1) is 0 Å². The van der Waals surface area contributed by atoms with E-state index < -0.39 is 33.3 Å². The van der Waals surface area contributed by atoms with Crippen molar-refractivity contribution in [2.75, 3.05) is 0 Å². The molecule has 0 aromatic rings. The Hall–Kier alpha value is -1.15. The molecule has 1 aliphatic rings. The molecule has 0 aromatic carbocycles. The van der Waals surface area contributed by atoms with E-state index in [1.165, 1.54) is 6.92 Å². The third kappa shape index (κ3) is 1.95. The first kappa shape index (κ1) is 9.93. The van der Waals surface area contributed by atoms with Gasteiger partial charge in [0, 0.05) is 0 Å². The van der Waals surface area contributed by atoms with Crippen LogP contribution in [0.25, 0.3) is 0 Å². The quantitative estimate of drug-likeness (QED) is 0.342. The van der Waals surface area contributed by atoms with Gasteiger partial charge in [-0.3, -0.25) is 14.1 Å². The highest BCUT2D eigenvalue weighted by atomic mass is 32.2. The summed E-state index contributed by atoms with van der Waals surface area (Å²) in [5, 5.41) is 3.86. The number of nitrogens with one attached hydrogen (secondary N) is 2. The predicted molar refractivity (Wildman–Crippen MR) is 40.8 cm³/mol. The summed E-state index contributed by atoms with van der Waals surface area (Å²) in [5.74, 6) is -2.41. The highest BCUT2D eigenvalue weighted by Gasteiger charge is 2.36. The van der Waals surface area contributed by atoms with Crippen LogP contribution in [0.4, 0.5) is 0 Å². The standard InChI is InChI=1S/C5H8N2O5S/c1-2-3(8)6-5(7-4(2)9)13(10,11)12/h2,5H,1H3,(H,6,8)(H,7,9)(H,10,11,12). The van der Waals surface area contributed by atoms with Crippen molar-refractivity contribution >= 4 is 21.9 Å². The van der Waals surface area contributed by atoms with Crippen molar-refractivity contribution in [1.82, 2.24) is 10.6 Å². The van der Waals surface area contributed by atoms with Crippen molar-refractivity contribution in [2.45, 2.75) is 12.4 Å². The van der Waals surface area contributed by atoms with Gasteiger partial charge >= 0.3 is 10.1 Å². The maximum absolute atomic E-state index is 10.9. The number of hydrogen-bond acceptors (Lipinski definition) is 4. The number of carbonyl (C=O) groups excluding carboxylic acids is 2. The van der Waals surface area contributed by atoms with E-state index in [9.17, 15) is 18.0 Å². The first-order chi connectivity index (χ1) is 5.82. The zero-order valence-electron chi connectivity index (χ0n) is 6.64. The Balaban J connectivity index is 2.88. The molecule has 0 unspecified atom stereocenters. The van der Waals surface area contributed by atoms with Gasteiger partial charge in [-0.15, -0.1) is 0 Å². The second-order valence-corrected chi connectivity index (χ2v) is 4.14. The molecule has 1 fully saturated rings. The summed E-state index contributed by atoms with van der Waals surface area (Å²) in [6.45, 7) is 1.32. The minimum atomic E-state index is -4.48. The average molecular weight is 208 g/mol. The third-order valence-electron chi connectivity index (χ3n) is 1.63. The average Bonchev–Trinajstić information content (AvgIpc) is 1.97. The van der Waals surface area contributed by atoms with Gasteiger partial charge in [-0.25, -0.2) is 0 Å². The minimum Gasteiger partial charge on any atom is -0.320 e. The van der Waals surface area contributed by atoms with Crippen LogP contribution >= 0.6 is 0 Å².